The van der Waals surface area contributed by atoms with Crippen molar-refractivity contribution in [2.24, 2.45) is 0 Å². The van der Waals surface area contributed by atoms with Crippen LogP contribution in [0.1, 0.15) is 37.5 Å². The van der Waals surface area contributed by atoms with Crippen LogP contribution in [0.2, 0.25) is 0 Å². The third kappa shape index (κ3) is 6.11. The summed E-state index contributed by atoms with van der Waals surface area (Å²) >= 11 is 0. The topological polar surface area (TPSA) is 57.1 Å². The minimum absolute atomic E-state index is 0. The number of quaternary nitrogens is 1. The molecule has 2 aromatic rings. The molecular formula is C19H25ClFNO2. The molecule has 0 aliphatic heterocycles. The van der Waals surface area contributed by atoms with Gasteiger partial charge in [0.2, 0.25) is 0 Å². The number of rotatable bonds is 7. The predicted molar refractivity (Wildman–Crippen MR) is 88.7 cm³/mol. The number of phenolic OH excluding ortho intramolecular Hbond substituents is 1. The Morgan fingerprint density at radius 1 is 1.08 bits per heavy atom. The van der Waals surface area contributed by atoms with E-state index in [0.717, 1.165) is 12.8 Å². The molecule has 0 aliphatic rings. The van der Waals surface area contributed by atoms with Gasteiger partial charge in [-0.05, 0) is 44.0 Å². The molecule has 0 saturated carbocycles. The molecule has 132 valence electrons. The van der Waals surface area contributed by atoms with E-state index in [1.807, 2.05) is 12.1 Å². The molecule has 0 unspecified atom stereocenters. The number of benzene rings is 2. The molecule has 0 radical (unpaired) electrons. The Morgan fingerprint density at radius 2 is 1.71 bits per heavy atom. The highest BCUT2D eigenvalue weighted by Crippen LogP contribution is 2.16. The van der Waals surface area contributed by atoms with Gasteiger partial charge >= 0.3 is 0 Å². The van der Waals surface area contributed by atoms with Gasteiger partial charge < -0.3 is 27.9 Å². The van der Waals surface area contributed by atoms with Crippen LogP contribution in [-0.2, 0) is 6.42 Å². The fourth-order valence-electron chi connectivity index (χ4n) is 2.53. The molecule has 0 bridgehead atoms. The van der Waals surface area contributed by atoms with Crippen LogP contribution in [0, 0.1) is 5.82 Å². The van der Waals surface area contributed by atoms with E-state index in [-0.39, 0.29) is 29.5 Å². The Balaban J connectivity index is 0.00000288. The van der Waals surface area contributed by atoms with Crippen molar-refractivity contribution in [1.82, 2.24) is 0 Å². The highest BCUT2D eigenvalue weighted by atomic mass is 35.5. The smallest absolute Gasteiger partial charge is 0.131 e. The van der Waals surface area contributed by atoms with E-state index in [1.165, 1.54) is 11.6 Å². The summed E-state index contributed by atoms with van der Waals surface area (Å²) in [6.07, 6.45) is 0.991. The maximum Gasteiger partial charge on any atom is 0.131 e. The van der Waals surface area contributed by atoms with E-state index >= 15 is 0 Å². The molecule has 5 heteroatoms. The predicted octanol–water partition coefficient (Wildman–Crippen LogP) is -0.456. The van der Waals surface area contributed by atoms with Gasteiger partial charge in [-0.25, -0.2) is 4.39 Å². The second-order valence-corrected chi connectivity index (χ2v) is 6.63. The first-order valence-corrected chi connectivity index (χ1v) is 7.92. The number of aliphatic hydroxyl groups excluding tert-OH is 1. The van der Waals surface area contributed by atoms with Crippen LogP contribution in [0.25, 0.3) is 0 Å². The summed E-state index contributed by atoms with van der Waals surface area (Å²) in [6.45, 7) is 4.65. The first kappa shape index (κ1) is 20.4. The minimum atomic E-state index is -0.816. The third-order valence-corrected chi connectivity index (χ3v) is 4.15. The average Bonchev–Trinajstić information content (AvgIpc) is 2.53. The summed E-state index contributed by atoms with van der Waals surface area (Å²) in [7, 11) is 0. The van der Waals surface area contributed by atoms with Gasteiger partial charge in [0.05, 0.1) is 5.54 Å². The Hall–Kier alpha value is -1.62. The first-order chi connectivity index (χ1) is 10.9. The molecule has 0 amide bonds. The lowest BCUT2D eigenvalue weighted by molar-refractivity contribution is -0.727. The fourth-order valence-corrected chi connectivity index (χ4v) is 2.53. The lowest BCUT2D eigenvalue weighted by atomic mass is 9.94. The van der Waals surface area contributed by atoms with Crippen LogP contribution in [-0.4, -0.2) is 22.3 Å². The number of aryl methyl sites for hydroxylation is 1. The second kappa shape index (κ2) is 9.02. The van der Waals surface area contributed by atoms with Crippen LogP contribution < -0.4 is 17.7 Å². The molecule has 24 heavy (non-hydrogen) atoms. The van der Waals surface area contributed by atoms with Crippen molar-refractivity contribution in [2.45, 2.75) is 38.3 Å². The molecule has 0 aliphatic carbocycles. The molecule has 2 aromatic carbocycles. The van der Waals surface area contributed by atoms with Gasteiger partial charge in [0.25, 0.3) is 0 Å². The molecule has 2 rings (SSSR count). The molecule has 0 aromatic heterocycles. The van der Waals surface area contributed by atoms with E-state index in [1.54, 1.807) is 30.3 Å². The molecule has 0 spiro atoms. The van der Waals surface area contributed by atoms with Gasteiger partial charge in [-0.2, -0.15) is 0 Å². The van der Waals surface area contributed by atoms with Crippen LogP contribution in [0.15, 0.2) is 48.5 Å². The summed E-state index contributed by atoms with van der Waals surface area (Å²) in [4.78, 5) is 0. The van der Waals surface area contributed by atoms with Crippen LogP contribution in [0.4, 0.5) is 4.39 Å². The lowest BCUT2D eigenvalue weighted by Gasteiger charge is -2.24. The largest absolute Gasteiger partial charge is 1.00 e. The van der Waals surface area contributed by atoms with E-state index < -0.39 is 6.10 Å². The summed E-state index contributed by atoms with van der Waals surface area (Å²) < 4.78 is 13.7. The Bertz CT molecular complexity index is 632. The van der Waals surface area contributed by atoms with Crippen molar-refractivity contribution < 1.29 is 32.3 Å². The second-order valence-electron chi connectivity index (χ2n) is 6.63. The van der Waals surface area contributed by atoms with Crippen molar-refractivity contribution >= 4 is 0 Å². The highest BCUT2D eigenvalue weighted by Gasteiger charge is 2.24. The first-order valence-electron chi connectivity index (χ1n) is 7.92. The quantitative estimate of drug-likeness (QED) is 0.631. The zero-order valence-corrected chi connectivity index (χ0v) is 14.8. The number of nitrogens with two attached hydrogens (primary N) is 1. The lowest BCUT2D eigenvalue weighted by Crippen LogP contribution is -3.00. The molecule has 0 saturated heterocycles. The van der Waals surface area contributed by atoms with E-state index in [4.69, 9.17) is 0 Å². The maximum absolute atomic E-state index is 13.7. The van der Waals surface area contributed by atoms with Gasteiger partial charge in [0.15, 0.2) is 0 Å². The Morgan fingerprint density at radius 3 is 2.33 bits per heavy atom. The highest BCUT2D eigenvalue weighted by molar-refractivity contribution is 5.26. The van der Waals surface area contributed by atoms with Gasteiger partial charge in [-0.3, -0.25) is 0 Å². The fraction of sp³-hybridized carbons (Fsp3) is 0.368. The number of hydrogen-bond donors (Lipinski definition) is 3. The van der Waals surface area contributed by atoms with Crippen LogP contribution in [0.3, 0.4) is 0 Å². The SMILES string of the molecule is CC(C)(CCc1ccc(O)cc1)[NH2+]C[C@H](O)c1ccccc1F.[Cl-]. The zero-order chi connectivity index (χ0) is 16.9. The monoisotopic (exact) mass is 353 g/mol. The van der Waals surface area contributed by atoms with E-state index in [0.29, 0.717) is 12.1 Å². The molecule has 3 nitrogen and oxygen atoms in total. The van der Waals surface area contributed by atoms with E-state index in [9.17, 15) is 14.6 Å². The van der Waals surface area contributed by atoms with Crippen LogP contribution >= 0.6 is 0 Å². The number of hydrogen-bond acceptors (Lipinski definition) is 2. The molecule has 0 heterocycles. The Labute approximate surface area is 149 Å². The van der Waals surface area contributed by atoms with E-state index in [2.05, 4.69) is 19.2 Å². The van der Waals surface area contributed by atoms with Crippen molar-refractivity contribution in [1.29, 1.82) is 0 Å². The van der Waals surface area contributed by atoms with Gasteiger partial charge in [-0.15, -0.1) is 0 Å². The standard InChI is InChI=1S/C19H24FNO2.ClH/c1-19(2,12-11-14-7-9-15(22)10-8-14)21-13-18(23)16-5-3-4-6-17(16)20;/h3-10,18,21-23H,11-13H2,1-2H3;1H/t18-;/m0./s1. The summed E-state index contributed by atoms with van der Waals surface area (Å²) in [5.74, 6) is -0.0946. The van der Waals surface area contributed by atoms with Crippen molar-refractivity contribution in [3.63, 3.8) is 0 Å². The third-order valence-electron chi connectivity index (χ3n) is 4.15. The Kier molecular flexibility index (Phi) is 7.67. The number of aromatic hydroxyl groups is 1. The van der Waals surface area contributed by atoms with Gasteiger partial charge in [-0.1, -0.05) is 30.3 Å². The molecule has 1 atom stereocenters. The normalized spacial score (nSPS) is 12.5. The maximum atomic E-state index is 13.7. The van der Waals surface area contributed by atoms with Crippen molar-refractivity contribution in [3.05, 3.63) is 65.5 Å². The van der Waals surface area contributed by atoms with Gasteiger partial charge in [0.1, 0.15) is 24.2 Å². The van der Waals surface area contributed by atoms with Crippen molar-refractivity contribution in [3.8, 4) is 5.75 Å². The summed E-state index contributed by atoms with van der Waals surface area (Å²) in [5, 5.41) is 21.5. The van der Waals surface area contributed by atoms with Crippen LogP contribution in [0.5, 0.6) is 5.75 Å². The number of aliphatic hydroxyl groups is 1. The molecule has 4 N–H and O–H groups in total. The number of halogens is 2. The minimum Gasteiger partial charge on any atom is -1.00 e. The summed E-state index contributed by atoms with van der Waals surface area (Å²) in [6, 6.07) is 13.6. The zero-order valence-electron chi connectivity index (χ0n) is 14.0. The number of phenols is 1. The molecular weight excluding hydrogens is 329 g/mol. The van der Waals surface area contributed by atoms with Gasteiger partial charge in [0, 0.05) is 12.0 Å². The molecule has 0 fully saturated rings. The van der Waals surface area contributed by atoms with Crippen molar-refractivity contribution in [2.75, 3.05) is 6.54 Å². The average molecular weight is 354 g/mol. The summed E-state index contributed by atoms with van der Waals surface area (Å²) in [5.41, 5.74) is 1.45.